The van der Waals surface area contributed by atoms with Crippen LogP contribution in [0.1, 0.15) is 21.6 Å². The number of rotatable bonds is 4. The van der Waals surface area contributed by atoms with Gasteiger partial charge in [-0.25, -0.2) is 0 Å². The van der Waals surface area contributed by atoms with Gasteiger partial charge in [-0.1, -0.05) is 24.3 Å². The number of aryl methyl sites for hydroxylation is 1. The number of amides is 1. The van der Waals surface area contributed by atoms with E-state index in [4.69, 9.17) is 0 Å². The van der Waals surface area contributed by atoms with Crippen LogP contribution in [0.15, 0.2) is 60.8 Å². The van der Waals surface area contributed by atoms with Gasteiger partial charge in [0.05, 0.1) is 5.52 Å². The summed E-state index contributed by atoms with van der Waals surface area (Å²) in [5.74, 6) is -0.0534. The molecule has 2 aromatic carbocycles. The van der Waals surface area contributed by atoms with Crippen molar-refractivity contribution in [3.05, 3.63) is 77.6 Å². The molecule has 0 aliphatic rings. The van der Waals surface area contributed by atoms with E-state index in [-0.39, 0.29) is 5.91 Å². The van der Waals surface area contributed by atoms with E-state index in [0.717, 1.165) is 28.5 Å². The van der Waals surface area contributed by atoms with Crippen LogP contribution in [0.2, 0.25) is 0 Å². The number of benzene rings is 2. The Hall–Kier alpha value is -3.14. The largest absolute Gasteiger partial charge is 0.361 e. The number of para-hydroxylation sites is 1. The zero-order chi connectivity index (χ0) is 17.2. The van der Waals surface area contributed by atoms with Crippen molar-refractivity contribution >= 4 is 27.7 Å². The van der Waals surface area contributed by atoms with E-state index < -0.39 is 0 Å². The van der Waals surface area contributed by atoms with Crippen molar-refractivity contribution in [1.29, 1.82) is 0 Å². The number of nitrogens with one attached hydrogen (secondary N) is 2. The average molecular weight is 329 g/mol. The van der Waals surface area contributed by atoms with Crippen molar-refractivity contribution < 1.29 is 4.79 Å². The zero-order valence-corrected chi connectivity index (χ0v) is 14.0. The van der Waals surface area contributed by atoms with Gasteiger partial charge in [-0.3, -0.25) is 9.78 Å². The van der Waals surface area contributed by atoms with Crippen LogP contribution in [0.5, 0.6) is 0 Å². The van der Waals surface area contributed by atoms with Gasteiger partial charge in [0.2, 0.25) is 0 Å². The second kappa shape index (κ2) is 6.40. The Morgan fingerprint density at radius 1 is 1.12 bits per heavy atom. The molecule has 0 bridgehead atoms. The molecule has 0 atom stereocenters. The van der Waals surface area contributed by atoms with Gasteiger partial charge in [-0.05, 0) is 49.2 Å². The number of nitrogens with zero attached hydrogens (tertiary/aromatic N) is 1. The molecule has 0 aliphatic heterocycles. The van der Waals surface area contributed by atoms with Crippen LogP contribution in [0.3, 0.4) is 0 Å². The van der Waals surface area contributed by atoms with Gasteiger partial charge in [0, 0.05) is 40.3 Å². The fraction of sp³-hybridized carbons (Fsp3) is 0.143. The summed E-state index contributed by atoms with van der Waals surface area (Å²) >= 11 is 0. The third-order valence-electron chi connectivity index (χ3n) is 4.45. The second-order valence-corrected chi connectivity index (χ2v) is 6.23. The molecule has 4 nitrogen and oxygen atoms in total. The highest BCUT2D eigenvalue weighted by molar-refractivity contribution is 5.98. The normalized spacial score (nSPS) is 11.1. The summed E-state index contributed by atoms with van der Waals surface area (Å²) in [4.78, 5) is 20.1. The maximum atomic E-state index is 12.4. The number of H-pyrrole nitrogens is 1. The number of pyridine rings is 1. The SMILES string of the molecule is Cc1ccc2cc(C(=O)NCCc3c[nH]c4ccccc34)ccc2n1. The van der Waals surface area contributed by atoms with Crippen molar-refractivity contribution in [2.75, 3.05) is 6.54 Å². The minimum Gasteiger partial charge on any atom is -0.361 e. The van der Waals surface area contributed by atoms with Crippen LogP contribution >= 0.6 is 0 Å². The molecule has 0 saturated heterocycles. The van der Waals surface area contributed by atoms with Gasteiger partial charge in [-0.2, -0.15) is 0 Å². The molecular formula is C21H19N3O. The fourth-order valence-corrected chi connectivity index (χ4v) is 3.12. The third kappa shape index (κ3) is 3.11. The van der Waals surface area contributed by atoms with Gasteiger partial charge < -0.3 is 10.3 Å². The second-order valence-electron chi connectivity index (χ2n) is 6.23. The lowest BCUT2D eigenvalue weighted by molar-refractivity contribution is 0.0954. The molecule has 0 aliphatic carbocycles. The molecular weight excluding hydrogens is 310 g/mol. The number of hydrogen-bond donors (Lipinski definition) is 2. The molecule has 2 heterocycles. The molecule has 0 unspecified atom stereocenters. The van der Waals surface area contributed by atoms with Crippen molar-refractivity contribution in [3.8, 4) is 0 Å². The molecule has 25 heavy (non-hydrogen) atoms. The monoisotopic (exact) mass is 329 g/mol. The Kier molecular flexibility index (Phi) is 3.94. The molecule has 2 aromatic heterocycles. The Morgan fingerprint density at radius 2 is 2.00 bits per heavy atom. The highest BCUT2D eigenvalue weighted by Gasteiger charge is 2.08. The first kappa shape index (κ1) is 15.4. The fourth-order valence-electron chi connectivity index (χ4n) is 3.12. The first-order chi connectivity index (χ1) is 12.2. The highest BCUT2D eigenvalue weighted by Crippen LogP contribution is 2.18. The Bertz CT molecular complexity index is 1070. The maximum Gasteiger partial charge on any atom is 0.251 e. The molecule has 4 heteroatoms. The molecule has 4 rings (SSSR count). The number of aromatic amines is 1. The maximum absolute atomic E-state index is 12.4. The van der Waals surface area contributed by atoms with E-state index in [9.17, 15) is 4.79 Å². The Balaban J connectivity index is 1.44. The molecule has 124 valence electrons. The van der Waals surface area contributed by atoms with Gasteiger partial charge >= 0.3 is 0 Å². The lowest BCUT2D eigenvalue weighted by atomic mass is 10.1. The number of aromatic nitrogens is 2. The smallest absolute Gasteiger partial charge is 0.251 e. The van der Waals surface area contributed by atoms with Crippen LogP contribution in [0.4, 0.5) is 0 Å². The first-order valence-corrected chi connectivity index (χ1v) is 8.41. The standard InChI is InChI=1S/C21H19N3O/c1-14-6-7-15-12-16(8-9-19(15)24-14)21(25)22-11-10-17-13-23-20-5-3-2-4-18(17)20/h2-9,12-13,23H,10-11H2,1H3,(H,22,25). The van der Waals surface area contributed by atoms with Crippen LogP contribution in [0, 0.1) is 6.92 Å². The van der Waals surface area contributed by atoms with E-state index in [0.29, 0.717) is 12.1 Å². The minimum absolute atomic E-state index is 0.0534. The van der Waals surface area contributed by atoms with Gasteiger partial charge in [0.25, 0.3) is 5.91 Å². The third-order valence-corrected chi connectivity index (χ3v) is 4.45. The predicted molar refractivity (Wildman–Crippen MR) is 101 cm³/mol. The van der Waals surface area contributed by atoms with E-state index >= 15 is 0 Å². The van der Waals surface area contributed by atoms with Crippen LogP contribution in [-0.4, -0.2) is 22.4 Å². The van der Waals surface area contributed by atoms with E-state index in [1.165, 1.54) is 10.9 Å². The molecule has 1 amide bonds. The number of hydrogen-bond acceptors (Lipinski definition) is 2. The molecule has 0 saturated carbocycles. The van der Waals surface area contributed by atoms with Crippen LogP contribution < -0.4 is 5.32 Å². The summed E-state index contributed by atoms with van der Waals surface area (Å²) in [6, 6.07) is 17.8. The van der Waals surface area contributed by atoms with Crippen LogP contribution in [0.25, 0.3) is 21.8 Å². The lowest BCUT2D eigenvalue weighted by Crippen LogP contribution is -2.25. The molecule has 0 radical (unpaired) electrons. The average Bonchev–Trinajstić information content (AvgIpc) is 3.04. The van der Waals surface area contributed by atoms with E-state index in [1.807, 2.05) is 55.6 Å². The van der Waals surface area contributed by atoms with Crippen molar-refractivity contribution in [1.82, 2.24) is 15.3 Å². The summed E-state index contributed by atoms with van der Waals surface area (Å²) in [6.07, 6.45) is 2.81. The van der Waals surface area contributed by atoms with E-state index in [2.05, 4.69) is 27.4 Å². The lowest BCUT2D eigenvalue weighted by Gasteiger charge is -2.06. The van der Waals surface area contributed by atoms with Crippen molar-refractivity contribution in [2.45, 2.75) is 13.3 Å². The Labute approximate surface area is 145 Å². The molecule has 4 aromatic rings. The topological polar surface area (TPSA) is 57.8 Å². The number of carbonyl (C=O) groups is 1. The van der Waals surface area contributed by atoms with Gasteiger partial charge in [-0.15, -0.1) is 0 Å². The number of fused-ring (bicyclic) bond motifs is 2. The highest BCUT2D eigenvalue weighted by atomic mass is 16.1. The predicted octanol–water partition coefficient (Wildman–Crippen LogP) is 4.00. The van der Waals surface area contributed by atoms with Gasteiger partial charge in [0.1, 0.15) is 0 Å². The summed E-state index contributed by atoms with van der Waals surface area (Å²) in [7, 11) is 0. The van der Waals surface area contributed by atoms with Crippen molar-refractivity contribution in [2.24, 2.45) is 0 Å². The summed E-state index contributed by atoms with van der Waals surface area (Å²) in [6.45, 7) is 2.57. The zero-order valence-electron chi connectivity index (χ0n) is 14.0. The van der Waals surface area contributed by atoms with E-state index in [1.54, 1.807) is 0 Å². The minimum atomic E-state index is -0.0534. The first-order valence-electron chi connectivity index (χ1n) is 8.41. The molecule has 0 spiro atoms. The summed E-state index contributed by atoms with van der Waals surface area (Å²) in [5, 5.41) is 5.20. The quantitative estimate of drug-likeness (QED) is 0.594. The van der Waals surface area contributed by atoms with Crippen molar-refractivity contribution in [3.63, 3.8) is 0 Å². The molecule has 2 N–H and O–H groups in total. The van der Waals surface area contributed by atoms with Crippen LogP contribution in [-0.2, 0) is 6.42 Å². The van der Waals surface area contributed by atoms with Gasteiger partial charge in [0.15, 0.2) is 0 Å². The Morgan fingerprint density at radius 3 is 2.92 bits per heavy atom. The summed E-state index contributed by atoms with van der Waals surface area (Å²) < 4.78 is 0. The summed E-state index contributed by atoms with van der Waals surface area (Å²) in [5.41, 5.74) is 4.89. The molecule has 0 fully saturated rings. The number of carbonyl (C=O) groups excluding carboxylic acids is 1.